The maximum Gasteiger partial charge on any atom is 0.104 e. The maximum atomic E-state index is 6.14. The summed E-state index contributed by atoms with van der Waals surface area (Å²) in [6, 6.07) is 0. The predicted molar refractivity (Wildman–Crippen MR) is 146 cm³/mol. The lowest BCUT2D eigenvalue weighted by Crippen LogP contribution is -2.42. The molecule has 0 spiro atoms. The highest BCUT2D eigenvalue weighted by Gasteiger charge is 2.33. The smallest absolute Gasteiger partial charge is 0.104 e. The number of rotatable bonds is 32. The van der Waals surface area contributed by atoms with Crippen LogP contribution in [0.15, 0.2) is 0 Å². The second-order valence-electron chi connectivity index (χ2n) is 11.2. The Morgan fingerprint density at radius 3 is 0.805 bits per heavy atom. The van der Waals surface area contributed by atoms with Gasteiger partial charge in [0.15, 0.2) is 0 Å². The van der Waals surface area contributed by atoms with Gasteiger partial charge in [0.05, 0.1) is 84.7 Å². The van der Waals surface area contributed by atoms with Crippen LogP contribution in [0.3, 0.4) is 0 Å². The molecule has 240 valence electrons. The fourth-order valence-electron chi connectivity index (χ4n) is 3.97. The summed E-state index contributed by atoms with van der Waals surface area (Å²) in [5.74, 6) is 0. The molecule has 4 heterocycles. The fourth-order valence-corrected chi connectivity index (χ4v) is 3.97. The summed E-state index contributed by atoms with van der Waals surface area (Å²) in [7, 11) is 0. The zero-order chi connectivity index (χ0) is 28.3. The van der Waals surface area contributed by atoms with Crippen LogP contribution in [0.4, 0.5) is 0 Å². The first-order chi connectivity index (χ1) is 20.3. The monoisotopic (exact) mass is 592 g/mol. The van der Waals surface area contributed by atoms with Crippen molar-refractivity contribution in [3.05, 3.63) is 0 Å². The summed E-state index contributed by atoms with van der Waals surface area (Å²) >= 11 is 0. The second kappa shape index (κ2) is 20.5. The molecule has 0 aromatic carbocycles. The molecule has 0 amide bonds. The van der Waals surface area contributed by atoms with Gasteiger partial charge in [-0.15, -0.1) is 0 Å². The standard InChI is InChI=1S/C29H52O12/c1(5-30-13-25-17-38-25)9-34-21-29(22-35-10-2-6-31-14-26-18-39-26,23-36-11-3-7-32-15-27-19-40-27)24-37-12-4-8-33-16-28-20-41-28/h25-28H,1-24H2. The SMILES string of the molecule is C(COCC1CO1)COCC(COCCCOCC1CO1)(COCCCOCC1CO1)COCCCOCC1CO1. The molecule has 0 aliphatic carbocycles. The molecule has 0 bridgehead atoms. The van der Waals surface area contributed by atoms with E-state index in [1.807, 2.05) is 0 Å². The normalized spacial score (nSPS) is 25.8. The van der Waals surface area contributed by atoms with Gasteiger partial charge >= 0.3 is 0 Å². The van der Waals surface area contributed by atoms with Crippen molar-refractivity contribution >= 4 is 0 Å². The van der Waals surface area contributed by atoms with E-state index >= 15 is 0 Å². The van der Waals surface area contributed by atoms with E-state index in [9.17, 15) is 0 Å². The average molecular weight is 593 g/mol. The van der Waals surface area contributed by atoms with Crippen molar-refractivity contribution in [2.75, 3.05) is 132 Å². The highest BCUT2D eigenvalue weighted by molar-refractivity contribution is 4.80. The van der Waals surface area contributed by atoms with Crippen molar-refractivity contribution in [1.29, 1.82) is 0 Å². The molecule has 4 unspecified atom stereocenters. The van der Waals surface area contributed by atoms with E-state index in [0.717, 1.165) is 52.1 Å². The van der Waals surface area contributed by atoms with Crippen molar-refractivity contribution in [1.82, 2.24) is 0 Å². The molecule has 4 aliphatic heterocycles. The molecule has 4 rings (SSSR count). The van der Waals surface area contributed by atoms with E-state index in [0.29, 0.717) is 106 Å². The topological polar surface area (TPSA) is 124 Å². The lowest BCUT2D eigenvalue weighted by Gasteiger charge is -2.33. The Morgan fingerprint density at radius 1 is 0.366 bits per heavy atom. The van der Waals surface area contributed by atoms with Crippen LogP contribution in [0.25, 0.3) is 0 Å². The molecule has 4 saturated heterocycles. The summed E-state index contributed by atoms with van der Waals surface area (Å²) in [6.45, 7) is 12.7. The Morgan fingerprint density at radius 2 is 0.585 bits per heavy atom. The van der Waals surface area contributed by atoms with Crippen molar-refractivity contribution in [2.45, 2.75) is 50.1 Å². The highest BCUT2D eigenvalue weighted by atomic mass is 16.6. The number of hydrogen-bond acceptors (Lipinski definition) is 12. The second-order valence-corrected chi connectivity index (χ2v) is 11.2. The fraction of sp³-hybridized carbons (Fsp3) is 1.00. The van der Waals surface area contributed by atoms with Crippen LogP contribution in [0.2, 0.25) is 0 Å². The van der Waals surface area contributed by atoms with Crippen LogP contribution in [0.1, 0.15) is 25.7 Å². The van der Waals surface area contributed by atoms with Gasteiger partial charge in [0, 0.05) is 52.9 Å². The summed E-state index contributed by atoms with van der Waals surface area (Å²) in [6.07, 6.45) is 4.39. The molecular formula is C29H52O12. The summed E-state index contributed by atoms with van der Waals surface area (Å²) < 4.78 is 67.9. The molecule has 12 heteroatoms. The molecule has 41 heavy (non-hydrogen) atoms. The number of ether oxygens (including phenoxy) is 12. The van der Waals surface area contributed by atoms with E-state index in [1.54, 1.807) is 0 Å². The van der Waals surface area contributed by atoms with Gasteiger partial charge in [-0.1, -0.05) is 0 Å². The highest BCUT2D eigenvalue weighted by Crippen LogP contribution is 2.22. The molecular weight excluding hydrogens is 540 g/mol. The van der Waals surface area contributed by atoms with Gasteiger partial charge in [0.2, 0.25) is 0 Å². The minimum absolute atomic E-state index is 0.280. The third kappa shape index (κ3) is 18.0. The van der Waals surface area contributed by atoms with Crippen LogP contribution < -0.4 is 0 Å². The van der Waals surface area contributed by atoms with E-state index in [2.05, 4.69) is 0 Å². The van der Waals surface area contributed by atoms with Crippen molar-refractivity contribution in [3.63, 3.8) is 0 Å². The Balaban J connectivity index is 1.15. The molecule has 0 radical (unpaired) electrons. The van der Waals surface area contributed by atoms with Gasteiger partial charge in [0.25, 0.3) is 0 Å². The van der Waals surface area contributed by atoms with E-state index in [-0.39, 0.29) is 24.4 Å². The maximum absolute atomic E-state index is 6.14. The number of epoxide rings is 4. The van der Waals surface area contributed by atoms with Crippen LogP contribution in [-0.4, -0.2) is 157 Å². The third-order valence-electron chi connectivity index (χ3n) is 6.77. The van der Waals surface area contributed by atoms with Crippen molar-refractivity contribution < 1.29 is 56.8 Å². The lowest BCUT2D eigenvalue weighted by atomic mass is 9.92. The molecule has 4 fully saturated rings. The lowest BCUT2D eigenvalue weighted by molar-refractivity contribution is -0.111. The average Bonchev–Trinajstić information content (AvgIpc) is 3.79. The molecule has 4 atom stereocenters. The predicted octanol–water partition coefficient (Wildman–Crippen LogP) is 1.26. The van der Waals surface area contributed by atoms with E-state index in [1.165, 1.54) is 0 Å². The van der Waals surface area contributed by atoms with Crippen molar-refractivity contribution in [2.24, 2.45) is 5.41 Å². The van der Waals surface area contributed by atoms with Gasteiger partial charge in [-0.05, 0) is 25.7 Å². The number of hydrogen-bond donors (Lipinski definition) is 0. The minimum Gasteiger partial charge on any atom is -0.381 e. The largest absolute Gasteiger partial charge is 0.381 e. The van der Waals surface area contributed by atoms with Crippen LogP contribution in [0.5, 0.6) is 0 Å². The van der Waals surface area contributed by atoms with Gasteiger partial charge in [0.1, 0.15) is 24.4 Å². The van der Waals surface area contributed by atoms with E-state index in [4.69, 9.17) is 56.8 Å². The molecule has 0 aromatic heterocycles. The minimum atomic E-state index is -0.434. The quantitative estimate of drug-likeness (QED) is 0.0825. The molecule has 0 N–H and O–H groups in total. The summed E-state index contributed by atoms with van der Waals surface area (Å²) in [5.41, 5.74) is -0.434. The summed E-state index contributed by atoms with van der Waals surface area (Å²) in [4.78, 5) is 0. The molecule has 12 nitrogen and oxygen atoms in total. The van der Waals surface area contributed by atoms with Gasteiger partial charge in [-0.3, -0.25) is 0 Å². The zero-order valence-electron chi connectivity index (χ0n) is 24.7. The van der Waals surface area contributed by atoms with E-state index < -0.39 is 5.41 Å². The first kappa shape index (κ1) is 33.4. The first-order valence-corrected chi connectivity index (χ1v) is 15.4. The molecule has 0 aromatic rings. The van der Waals surface area contributed by atoms with Crippen LogP contribution in [-0.2, 0) is 56.8 Å². The van der Waals surface area contributed by atoms with Gasteiger partial charge in [-0.25, -0.2) is 0 Å². The van der Waals surface area contributed by atoms with Crippen LogP contribution in [0, 0.1) is 5.41 Å². The van der Waals surface area contributed by atoms with Gasteiger partial charge in [-0.2, -0.15) is 0 Å². The molecule has 4 aliphatic rings. The zero-order valence-corrected chi connectivity index (χ0v) is 24.7. The Bertz CT molecular complexity index is 530. The van der Waals surface area contributed by atoms with Crippen molar-refractivity contribution in [3.8, 4) is 0 Å². The Labute approximate surface area is 244 Å². The van der Waals surface area contributed by atoms with Gasteiger partial charge < -0.3 is 56.8 Å². The third-order valence-corrected chi connectivity index (χ3v) is 6.77. The first-order valence-electron chi connectivity index (χ1n) is 15.4. The van der Waals surface area contributed by atoms with Crippen LogP contribution >= 0.6 is 0 Å². The Kier molecular flexibility index (Phi) is 16.7. The Hall–Kier alpha value is -0.480. The summed E-state index contributed by atoms with van der Waals surface area (Å²) in [5, 5.41) is 0. The molecule has 0 saturated carbocycles.